The Hall–Kier alpha value is -2.67. The van der Waals surface area contributed by atoms with Crippen molar-refractivity contribution in [1.29, 1.82) is 0 Å². The van der Waals surface area contributed by atoms with E-state index in [0.717, 1.165) is 32.3 Å². The number of hydrogen-bond acceptors (Lipinski definition) is 2. The highest BCUT2D eigenvalue weighted by atomic mass is 79.9. The smallest absolute Gasteiger partial charge is 0.174 e. The van der Waals surface area contributed by atoms with Crippen LogP contribution in [0.25, 0.3) is 5.69 Å². The Labute approximate surface area is 218 Å². The van der Waals surface area contributed by atoms with Gasteiger partial charge in [0.25, 0.3) is 0 Å². The fraction of sp³-hybridized carbons (Fsp3) is 0.185. The van der Waals surface area contributed by atoms with Crippen molar-refractivity contribution in [3.63, 3.8) is 0 Å². The molecule has 2 aromatic carbocycles. The van der Waals surface area contributed by atoms with Crippen molar-refractivity contribution in [2.24, 2.45) is 0 Å². The summed E-state index contributed by atoms with van der Waals surface area (Å²) in [5, 5.41) is 4.97. The Bertz CT molecular complexity index is 1370. The molecule has 3 heterocycles. The van der Waals surface area contributed by atoms with Gasteiger partial charge in [0.2, 0.25) is 0 Å². The van der Waals surface area contributed by atoms with Crippen LogP contribution in [0.3, 0.4) is 0 Å². The summed E-state index contributed by atoms with van der Waals surface area (Å²) in [6.07, 6.45) is 1.83. The number of nitrogens with zero attached hydrogens (tertiary/aromatic N) is 3. The molecule has 2 aromatic heterocycles. The van der Waals surface area contributed by atoms with Gasteiger partial charge >= 0.3 is 0 Å². The van der Waals surface area contributed by atoms with Crippen LogP contribution in [0.4, 0.5) is 5.69 Å². The molecule has 1 aliphatic rings. The van der Waals surface area contributed by atoms with Crippen LogP contribution in [0.1, 0.15) is 40.3 Å². The number of rotatable bonds is 4. The number of halogens is 2. The second-order valence-electron chi connectivity index (χ2n) is 8.50. The van der Waals surface area contributed by atoms with Gasteiger partial charge < -0.3 is 14.8 Å². The highest BCUT2D eigenvalue weighted by molar-refractivity contribution is 9.10. The molecule has 1 fully saturated rings. The molecule has 4 aromatic rings. The maximum absolute atomic E-state index is 6.35. The Balaban J connectivity index is 1.73. The van der Waals surface area contributed by atoms with E-state index in [4.69, 9.17) is 28.8 Å². The van der Waals surface area contributed by atoms with Crippen LogP contribution >= 0.6 is 39.7 Å². The van der Waals surface area contributed by atoms with Crippen molar-refractivity contribution in [2.75, 3.05) is 4.90 Å². The minimum Gasteiger partial charge on any atom is -0.351 e. The first-order chi connectivity index (χ1) is 16.4. The highest BCUT2D eigenvalue weighted by Crippen LogP contribution is 2.45. The predicted octanol–water partition coefficient (Wildman–Crippen LogP) is 7.39. The minimum atomic E-state index is -0.0932. The number of anilines is 1. The molecule has 1 saturated heterocycles. The van der Waals surface area contributed by atoms with E-state index in [1.165, 1.54) is 16.8 Å². The van der Waals surface area contributed by atoms with Gasteiger partial charge in [-0.25, -0.2) is 0 Å². The molecule has 172 valence electrons. The molecular formula is C27H24BrClN4S. The topological polar surface area (TPSA) is 33.1 Å². The summed E-state index contributed by atoms with van der Waals surface area (Å²) in [5.41, 5.74) is 7.87. The molecule has 0 amide bonds. The molecule has 0 spiro atoms. The summed E-state index contributed by atoms with van der Waals surface area (Å²) in [6.45, 7) is 6.52. The zero-order valence-electron chi connectivity index (χ0n) is 19.1. The van der Waals surface area contributed by atoms with Gasteiger partial charge in [-0.05, 0) is 93.1 Å². The summed E-state index contributed by atoms with van der Waals surface area (Å²) in [5.74, 6) is 0. The fourth-order valence-electron chi connectivity index (χ4n) is 4.97. The van der Waals surface area contributed by atoms with E-state index in [1.54, 1.807) is 0 Å². The molecule has 1 N–H and O–H groups in total. The highest BCUT2D eigenvalue weighted by Gasteiger charge is 2.43. The second-order valence-corrected chi connectivity index (χ2v) is 10.2. The van der Waals surface area contributed by atoms with E-state index < -0.39 is 0 Å². The van der Waals surface area contributed by atoms with Gasteiger partial charge in [-0.2, -0.15) is 0 Å². The lowest BCUT2D eigenvalue weighted by Crippen LogP contribution is -2.29. The summed E-state index contributed by atoms with van der Waals surface area (Å²) in [7, 11) is 0. The monoisotopic (exact) mass is 550 g/mol. The summed E-state index contributed by atoms with van der Waals surface area (Å²) < 4.78 is 3.31. The standard InChI is InChI=1S/C27H24BrClN4S/c1-16-17(2)32(22-8-6-7-20(29)15-22)18(3)24(16)26-25(23-9-4-5-14-30-23)31-27(34)33(26)21-12-10-19(28)11-13-21/h4-15,25-26H,1-3H3,(H,31,34)/t25-,26+/m1/s1. The van der Waals surface area contributed by atoms with Crippen LogP contribution in [0.5, 0.6) is 0 Å². The van der Waals surface area contributed by atoms with Crippen LogP contribution in [0, 0.1) is 20.8 Å². The Morgan fingerprint density at radius 3 is 2.38 bits per heavy atom. The third-order valence-corrected chi connectivity index (χ3v) is 7.65. The zero-order chi connectivity index (χ0) is 24.0. The predicted molar refractivity (Wildman–Crippen MR) is 147 cm³/mol. The minimum absolute atomic E-state index is 0.0669. The third-order valence-electron chi connectivity index (χ3n) is 6.57. The molecule has 5 rings (SSSR count). The van der Waals surface area contributed by atoms with Crippen LogP contribution < -0.4 is 10.2 Å². The molecule has 0 aliphatic carbocycles. The van der Waals surface area contributed by atoms with Crippen molar-refractivity contribution >= 4 is 50.5 Å². The summed E-state index contributed by atoms with van der Waals surface area (Å²) in [4.78, 5) is 6.91. The first-order valence-electron chi connectivity index (χ1n) is 11.1. The molecule has 7 heteroatoms. The first-order valence-corrected chi connectivity index (χ1v) is 12.7. The summed E-state index contributed by atoms with van der Waals surface area (Å²) in [6, 6.07) is 22.1. The lowest BCUT2D eigenvalue weighted by atomic mass is 9.93. The molecule has 0 bridgehead atoms. The molecule has 0 radical (unpaired) electrons. The maximum Gasteiger partial charge on any atom is 0.174 e. The van der Waals surface area contributed by atoms with Gasteiger partial charge in [0.05, 0.1) is 17.8 Å². The van der Waals surface area contributed by atoms with E-state index in [0.29, 0.717) is 5.11 Å². The number of hydrogen-bond donors (Lipinski definition) is 1. The van der Waals surface area contributed by atoms with Crippen LogP contribution in [0.15, 0.2) is 77.4 Å². The second kappa shape index (κ2) is 9.17. The zero-order valence-corrected chi connectivity index (χ0v) is 22.2. The van der Waals surface area contributed by atoms with E-state index in [-0.39, 0.29) is 12.1 Å². The van der Waals surface area contributed by atoms with Gasteiger partial charge in [-0.3, -0.25) is 4.98 Å². The van der Waals surface area contributed by atoms with Gasteiger partial charge in [0.15, 0.2) is 5.11 Å². The number of nitrogens with one attached hydrogen (secondary N) is 1. The molecule has 4 nitrogen and oxygen atoms in total. The van der Waals surface area contributed by atoms with Gasteiger partial charge in [0.1, 0.15) is 0 Å². The van der Waals surface area contributed by atoms with E-state index in [1.807, 2.05) is 48.7 Å². The quantitative estimate of drug-likeness (QED) is 0.268. The lowest BCUT2D eigenvalue weighted by Gasteiger charge is -2.29. The van der Waals surface area contributed by atoms with Crippen LogP contribution in [-0.2, 0) is 0 Å². The van der Waals surface area contributed by atoms with Crippen LogP contribution in [-0.4, -0.2) is 14.7 Å². The fourth-order valence-corrected chi connectivity index (χ4v) is 5.77. The van der Waals surface area contributed by atoms with Gasteiger partial charge in [0, 0.05) is 44.0 Å². The molecule has 2 atom stereocenters. The normalized spacial score (nSPS) is 17.8. The maximum atomic E-state index is 6.35. The Morgan fingerprint density at radius 1 is 0.941 bits per heavy atom. The SMILES string of the molecule is Cc1c([C@H]2[C@@H](c3ccccn3)NC(=S)N2c2ccc(Br)cc2)c(C)n(-c2cccc(Cl)c2)c1C. The average molecular weight is 552 g/mol. The molecule has 0 unspecified atom stereocenters. The lowest BCUT2D eigenvalue weighted by molar-refractivity contribution is 0.563. The van der Waals surface area contributed by atoms with Gasteiger partial charge in [-0.1, -0.05) is 39.7 Å². The molecule has 1 aliphatic heterocycles. The largest absolute Gasteiger partial charge is 0.351 e. The molecule has 0 saturated carbocycles. The molecular weight excluding hydrogens is 528 g/mol. The van der Waals surface area contributed by atoms with E-state index in [9.17, 15) is 0 Å². The van der Waals surface area contributed by atoms with Crippen LogP contribution in [0.2, 0.25) is 5.02 Å². The first kappa shape index (κ1) is 23.1. The van der Waals surface area contributed by atoms with Crippen molar-refractivity contribution in [2.45, 2.75) is 32.9 Å². The van der Waals surface area contributed by atoms with Crippen molar-refractivity contribution in [1.82, 2.24) is 14.9 Å². The van der Waals surface area contributed by atoms with Crippen molar-refractivity contribution in [3.05, 3.63) is 111 Å². The number of thiocarbonyl (C=S) groups is 1. The third kappa shape index (κ3) is 3.94. The Morgan fingerprint density at radius 2 is 1.71 bits per heavy atom. The number of benzene rings is 2. The average Bonchev–Trinajstić information content (AvgIpc) is 3.27. The Kier molecular flexibility index (Phi) is 6.23. The van der Waals surface area contributed by atoms with Crippen molar-refractivity contribution in [3.8, 4) is 5.69 Å². The van der Waals surface area contributed by atoms with Gasteiger partial charge in [-0.15, -0.1) is 0 Å². The van der Waals surface area contributed by atoms with Crippen molar-refractivity contribution < 1.29 is 0 Å². The summed E-state index contributed by atoms with van der Waals surface area (Å²) >= 11 is 15.8. The molecule has 34 heavy (non-hydrogen) atoms. The van der Waals surface area contributed by atoms with E-state index >= 15 is 0 Å². The van der Waals surface area contributed by atoms with E-state index in [2.05, 4.69) is 75.8 Å². The number of aromatic nitrogens is 2. The number of pyridine rings is 1.